The SMILES string of the molecule is CCCNC(=O)C(CC)N(Cc1ccc(OC)cc1)C(=O)COc1cc(C)cc(C)c1. The van der Waals surface area contributed by atoms with Crippen molar-refractivity contribution in [3.05, 3.63) is 59.2 Å². The average Bonchev–Trinajstić information content (AvgIpc) is 2.75. The summed E-state index contributed by atoms with van der Waals surface area (Å²) in [6.45, 7) is 8.66. The lowest BCUT2D eigenvalue weighted by Crippen LogP contribution is -2.50. The van der Waals surface area contributed by atoms with Crippen molar-refractivity contribution in [1.29, 1.82) is 0 Å². The molecule has 2 rings (SSSR count). The summed E-state index contributed by atoms with van der Waals surface area (Å²) in [5.41, 5.74) is 3.06. The summed E-state index contributed by atoms with van der Waals surface area (Å²) < 4.78 is 11.0. The normalized spacial score (nSPS) is 11.5. The molecule has 2 amide bonds. The minimum atomic E-state index is -0.566. The molecule has 0 aliphatic carbocycles. The highest BCUT2D eigenvalue weighted by Gasteiger charge is 2.28. The lowest BCUT2D eigenvalue weighted by atomic mass is 10.1. The molecule has 6 nitrogen and oxygen atoms in total. The van der Waals surface area contributed by atoms with Gasteiger partial charge in [-0.15, -0.1) is 0 Å². The number of carbonyl (C=O) groups is 2. The quantitative estimate of drug-likeness (QED) is 0.589. The predicted octanol–water partition coefficient (Wildman–Crippen LogP) is 4.02. The maximum atomic E-state index is 13.2. The second-order valence-electron chi connectivity index (χ2n) is 7.70. The fourth-order valence-corrected chi connectivity index (χ4v) is 3.46. The number of rotatable bonds is 11. The molecule has 0 fully saturated rings. The molecule has 1 atom stereocenters. The standard InChI is InChI=1S/C25H34N2O4/c1-6-12-26-25(29)23(7-2)27(16-20-8-10-21(30-5)11-9-20)24(28)17-31-22-14-18(3)13-19(4)15-22/h8-11,13-15,23H,6-7,12,16-17H2,1-5H3,(H,26,29). The van der Waals surface area contributed by atoms with E-state index in [-0.39, 0.29) is 18.4 Å². The van der Waals surface area contributed by atoms with Gasteiger partial charge < -0.3 is 19.7 Å². The molecule has 0 saturated heterocycles. The fourth-order valence-electron chi connectivity index (χ4n) is 3.46. The topological polar surface area (TPSA) is 67.9 Å². The molecule has 2 aromatic carbocycles. The molecule has 6 heteroatoms. The van der Waals surface area contributed by atoms with Gasteiger partial charge in [-0.05, 0) is 67.6 Å². The van der Waals surface area contributed by atoms with E-state index in [1.807, 2.05) is 64.1 Å². The molecule has 2 aromatic rings. The van der Waals surface area contributed by atoms with E-state index >= 15 is 0 Å². The van der Waals surface area contributed by atoms with Gasteiger partial charge in [0.05, 0.1) is 7.11 Å². The molecular formula is C25H34N2O4. The smallest absolute Gasteiger partial charge is 0.261 e. The van der Waals surface area contributed by atoms with Gasteiger partial charge in [-0.25, -0.2) is 0 Å². The van der Waals surface area contributed by atoms with Crippen LogP contribution < -0.4 is 14.8 Å². The summed E-state index contributed by atoms with van der Waals surface area (Å²) >= 11 is 0. The van der Waals surface area contributed by atoms with Gasteiger partial charge in [0.2, 0.25) is 5.91 Å². The summed E-state index contributed by atoms with van der Waals surface area (Å²) in [5, 5.41) is 2.92. The van der Waals surface area contributed by atoms with Crippen molar-refractivity contribution in [2.75, 3.05) is 20.3 Å². The number of aryl methyl sites for hydroxylation is 2. The third-order valence-corrected chi connectivity index (χ3v) is 5.00. The Bertz CT molecular complexity index is 844. The Hall–Kier alpha value is -3.02. The number of hydrogen-bond donors (Lipinski definition) is 1. The monoisotopic (exact) mass is 426 g/mol. The van der Waals surface area contributed by atoms with Gasteiger partial charge in [-0.2, -0.15) is 0 Å². The maximum absolute atomic E-state index is 13.2. The number of amides is 2. The molecular weight excluding hydrogens is 392 g/mol. The van der Waals surface area contributed by atoms with Crippen LogP contribution >= 0.6 is 0 Å². The van der Waals surface area contributed by atoms with Gasteiger partial charge in [0.25, 0.3) is 5.91 Å². The zero-order valence-electron chi connectivity index (χ0n) is 19.2. The number of nitrogens with zero attached hydrogens (tertiary/aromatic N) is 1. The first kappa shape index (κ1) is 24.3. The number of carbonyl (C=O) groups excluding carboxylic acids is 2. The van der Waals surface area contributed by atoms with Crippen LogP contribution in [0, 0.1) is 13.8 Å². The van der Waals surface area contributed by atoms with Crippen LogP contribution in [0.1, 0.15) is 43.4 Å². The van der Waals surface area contributed by atoms with Crippen LogP contribution in [-0.4, -0.2) is 43.0 Å². The molecule has 0 saturated carbocycles. The van der Waals surface area contributed by atoms with E-state index in [9.17, 15) is 9.59 Å². The Kier molecular flexibility index (Phi) is 9.38. The molecule has 31 heavy (non-hydrogen) atoms. The molecule has 0 bridgehead atoms. The van der Waals surface area contributed by atoms with Gasteiger partial charge in [-0.1, -0.05) is 32.0 Å². The van der Waals surface area contributed by atoms with Crippen molar-refractivity contribution in [1.82, 2.24) is 10.2 Å². The first-order valence-corrected chi connectivity index (χ1v) is 10.8. The molecule has 1 unspecified atom stereocenters. The molecule has 0 heterocycles. The zero-order valence-corrected chi connectivity index (χ0v) is 19.2. The highest BCUT2D eigenvalue weighted by Crippen LogP contribution is 2.19. The van der Waals surface area contributed by atoms with Gasteiger partial charge in [-0.3, -0.25) is 9.59 Å². The van der Waals surface area contributed by atoms with Crippen molar-refractivity contribution in [2.45, 2.75) is 53.1 Å². The lowest BCUT2D eigenvalue weighted by Gasteiger charge is -2.30. The van der Waals surface area contributed by atoms with E-state index in [2.05, 4.69) is 11.4 Å². The van der Waals surface area contributed by atoms with Gasteiger partial charge in [0.15, 0.2) is 6.61 Å². The maximum Gasteiger partial charge on any atom is 0.261 e. The minimum absolute atomic E-state index is 0.128. The largest absolute Gasteiger partial charge is 0.497 e. The Morgan fingerprint density at radius 2 is 1.65 bits per heavy atom. The van der Waals surface area contributed by atoms with Crippen LogP contribution in [-0.2, 0) is 16.1 Å². The minimum Gasteiger partial charge on any atom is -0.497 e. The van der Waals surface area contributed by atoms with E-state index in [1.165, 1.54) is 0 Å². The van der Waals surface area contributed by atoms with Crippen LogP contribution in [0.5, 0.6) is 11.5 Å². The molecule has 0 aliphatic rings. The van der Waals surface area contributed by atoms with Crippen LogP contribution in [0.3, 0.4) is 0 Å². The predicted molar refractivity (Wildman–Crippen MR) is 122 cm³/mol. The number of hydrogen-bond acceptors (Lipinski definition) is 4. The Morgan fingerprint density at radius 3 is 2.19 bits per heavy atom. The Labute approximate surface area is 185 Å². The number of nitrogens with one attached hydrogen (secondary N) is 1. The summed E-state index contributed by atoms with van der Waals surface area (Å²) in [5.74, 6) is 1.03. The second kappa shape index (κ2) is 12.0. The zero-order chi connectivity index (χ0) is 22.8. The summed E-state index contributed by atoms with van der Waals surface area (Å²) in [4.78, 5) is 27.6. The summed E-state index contributed by atoms with van der Waals surface area (Å²) in [6, 6.07) is 12.8. The summed E-state index contributed by atoms with van der Waals surface area (Å²) in [6.07, 6.45) is 1.35. The highest BCUT2D eigenvalue weighted by atomic mass is 16.5. The van der Waals surface area contributed by atoms with Gasteiger partial charge in [0.1, 0.15) is 17.5 Å². The van der Waals surface area contributed by atoms with Gasteiger partial charge >= 0.3 is 0 Å². The third kappa shape index (κ3) is 7.31. The number of benzene rings is 2. The first-order valence-electron chi connectivity index (χ1n) is 10.8. The molecule has 168 valence electrons. The van der Waals surface area contributed by atoms with Crippen molar-refractivity contribution in [3.63, 3.8) is 0 Å². The highest BCUT2D eigenvalue weighted by molar-refractivity contribution is 5.88. The molecule has 1 N–H and O–H groups in total. The van der Waals surface area contributed by atoms with Crippen molar-refractivity contribution in [3.8, 4) is 11.5 Å². The summed E-state index contributed by atoms with van der Waals surface area (Å²) in [7, 11) is 1.61. The number of methoxy groups -OCH3 is 1. The van der Waals surface area contributed by atoms with Crippen molar-refractivity contribution < 1.29 is 19.1 Å². The van der Waals surface area contributed by atoms with Crippen LogP contribution in [0.2, 0.25) is 0 Å². The van der Waals surface area contributed by atoms with E-state index in [0.29, 0.717) is 25.3 Å². The van der Waals surface area contributed by atoms with Crippen LogP contribution in [0.25, 0.3) is 0 Å². The van der Waals surface area contributed by atoms with E-state index in [4.69, 9.17) is 9.47 Å². The van der Waals surface area contributed by atoms with E-state index in [1.54, 1.807) is 12.0 Å². The third-order valence-electron chi connectivity index (χ3n) is 5.00. The van der Waals surface area contributed by atoms with E-state index < -0.39 is 6.04 Å². The lowest BCUT2D eigenvalue weighted by molar-refractivity contribution is -0.143. The first-order chi connectivity index (χ1) is 14.9. The Balaban J connectivity index is 2.20. The molecule has 0 aromatic heterocycles. The molecule has 0 spiro atoms. The molecule has 0 radical (unpaired) electrons. The number of ether oxygens (including phenoxy) is 2. The van der Waals surface area contributed by atoms with Crippen molar-refractivity contribution >= 4 is 11.8 Å². The Morgan fingerprint density at radius 1 is 1.00 bits per heavy atom. The van der Waals surface area contributed by atoms with E-state index in [0.717, 1.165) is 28.9 Å². The second-order valence-corrected chi connectivity index (χ2v) is 7.70. The average molecular weight is 427 g/mol. The van der Waals surface area contributed by atoms with Gasteiger partial charge in [0, 0.05) is 13.1 Å². The van der Waals surface area contributed by atoms with Crippen LogP contribution in [0.15, 0.2) is 42.5 Å². The fraction of sp³-hybridized carbons (Fsp3) is 0.440. The van der Waals surface area contributed by atoms with Crippen molar-refractivity contribution in [2.24, 2.45) is 0 Å². The van der Waals surface area contributed by atoms with Crippen LogP contribution in [0.4, 0.5) is 0 Å². The molecule has 0 aliphatic heterocycles.